The van der Waals surface area contributed by atoms with E-state index in [9.17, 15) is 13.2 Å². The summed E-state index contributed by atoms with van der Waals surface area (Å²) in [5.74, 6) is 0.0544. The Morgan fingerprint density at radius 1 is 1.12 bits per heavy atom. The van der Waals surface area contributed by atoms with Crippen molar-refractivity contribution in [2.75, 3.05) is 43.4 Å². The van der Waals surface area contributed by atoms with E-state index in [-0.39, 0.29) is 12.5 Å². The molecule has 4 rings (SSSR count). The van der Waals surface area contributed by atoms with Gasteiger partial charge in [-0.05, 0) is 35.7 Å². The molecule has 1 atom stereocenters. The van der Waals surface area contributed by atoms with Gasteiger partial charge >= 0.3 is 0 Å². The predicted molar refractivity (Wildman–Crippen MR) is 122 cm³/mol. The normalized spacial score (nSPS) is 19.2. The molecule has 2 aromatic rings. The van der Waals surface area contributed by atoms with Crippen molar-refractivity contribution in [1.82, 2.24) is 10.2 Å². The van der Waals surface area contributed by atoms with Crippen LogP contribution in [0.25, 0.3) is 0 Å². The molecular weight excluding hydrogens is 430 g/mol. The van der Waals surface area contributed by atoms with Gasteiger partial charge in [-0.1, -0.05) is 30.3 Å². The fourth-order valence-electron chi connectivity index (χ4n) is 3.97. The van der Waals surface area contributed by atoms with Gasteiger partial charge in [0.05, 0.1) is 31.7 Å². The van der Waals surface area contributed by atoms with Crippen LogP contribution in [0, 0.1) is 6.92 Å². The molecule has 1 N–H and O–H groups in total. The summed E-state index contributed by atoms with van der Waals surface area (Å²) in [4.78, 5) is 15.2. The first-order valence-electron chi connectivity index (χ1n) is 10.7. The highest BCUT2D eigenvalue weighted by Crippen LogP contribution is 2.35. The van der Waals surface area contributed by atoms with E-state index in [0.717, 1.165) is 50.2 Å². The number of fused-ring (bicyclic) bond motifs is 1. The Bertz CT molecular complexity index is 1080. The quantitative estimate of drug-likeness (QED) is 0.707. The number of morpholine rings is 1. The molecule has 0 bridgehead atoms. The molecule has 0 spiro atoms. The third-order valence-electron chi connectivity index (χ3n) is 5.65. The van der Waals surface area contributed by atoms with E-state index in [2.05, 4.69) is 22.3 Å². The lowest BCUT2D eigenvalue weighted by atomic mass is 10.1. The number of rotatable bonds is 6. The number of nitrogens with zero attached hydrogens (tertiary/aromatic N) is 2. The van der Waals surface area contributed by atoms with Gasteiger partial charge in [0.25, 0.3) is 5.91 Å². The van der Waals surface area contributed by atoms with Crippen LogP contribution in [0.15, 0.2) is 42.5 Å². The van der Waals surface area contributed by atoms with E-state index >= 15 is 0 Å². The van der Waals surface area contributed by atoms with Crippen LogP contribution in [-0.2, 0) is 32.6 Å². The van der Waals surface area contributed by atoms with Gasteiger partial charge in [-0.2, -0.15) is 0 Å². The average Bonchev–Trinajstić information content (AvgIpc) is 2.77. The Hall–Kier alpha value is -2.62. The maximum atomic E-state index is 12.9. The van der Waals surface area contributed by atoms with E-state index in [0.29, 0.717) is 18.0 Å². The number of sulfonamides is 1. The van der Waals surface area contributed by atoms with Gasteiger partial charge in [-0.25, -0.2) is 8.42 Å². The van der Waals surface area contributed by atoms with Gasteiger partial charge in [0, 0.05) is 26.2 Å². The molecule has 1 saturated heterocycles. The monoisotopic (exact) mass is 459 g/mol. The topological polar surface area (TPSA) is 88.2 Å². The summed E-state index contributed by atoms with van der Waals surface area (Å²) in [5.41, 5.74) is 3.55. The highest BCUT2D eigenvalue weighted by molar-refractivity contribution is 7.92. The van der Waals surface area contributed by atoms with Crippen molar-refractivity contribution in [3.63, 3.8) is 0 Å². The molecule has 2 aliphatic heterocycles. The Morgan fingerprint density at radius 2 is 1.88 bits per heavy atom. The minimum absolute atomic E-state index is 0.0577. The smallest absolute Gasteiger partial charge is 0.263 e. The summed E-state index contributed by atoms with van der Waals surface area (Å²) < 4.78 is 37.1. The number of carbonyl (C=O) groups is 1. The first-order valence-corrected chi connectivity index (χ1v) is 12.5. The molecule has 0 saturated carbocycles. The molecule has 1 fully saturated rings. The number of nitrogens with one attached hydrogen (secondary N) is 1. The number of carbonyl (C=O) groups excluding carboxylic acids is 1. The van der Waals surface area contributed by atoms with Crippen LogP contribution in [0.3, 0.4) is 0 Å². The van der Waals surface area contributed by atoms with E-state index < -0.39 is 16.1 Å². The van der Waals surface area contributed by atoms with Gasteiger partial charge in [0.2, 0.25) is 10.0 Å². The Kier molecular flexibility index (Phi) is 6.68. The van der Waals surface area contributed by atoms with Crippen LogP contribution < -0.4 is 14.4 Å². The highest BCUT2D eigenvalue weighted by atomic mass is 32.2. The zero-order valence-corrected chi connectivity index (χ0v) is 19.2. The summed E-state index contributed by atoms with van der Waals surface area (Å²) in [6.07, 6.45) is 0.215. The fraction of sp³-hybridized carbons (Fsp3) is 0.435. The molecule has 172 valence electrons. The lowest BCUT2D eigenvalue weighted by molar-refractivity contribution is -0.127. The number of amides is 1. The highest BCUT2D eigenvalue weighted by Gasteiger charge is 2.35. The molecule has 2 heterocycles. The molecule has 0 aromatic heterocycles. The lowest BCUT2D eigenvalue weighted by Crippen LogP contribution is -2.50. The maximum Gasteiger partial charge on any atom is 0.263 e. The first-order chi connectivity index (χ1) is 15.3. The first kappa shape index (κ1) is 22.6. The zero-order chi connectivity index (χ0) is 22.7. The third-order valence-corrected chi connectivity index (χ3v) is 6.79. The number of benzene rings is 2. The molecule has 1 unspecified atom stereocenters. The third kappa shape index (κ3) is 5.40. The number of aryl methyl sites for hydroxylation is 1. The Balaban J connectivity index is 1.41. The van der Waals surface area contributed by atoms with Gasteiger partial charge in [-0.15, -0.1) is 0 Å². The van der Waals surface area contributed by atoms with E-state index in [1.807, 2.05) is 25.1 Å². The van der Waals surface area contributed by atoms with Gasteiger partial charge in [0.15, 0.2) is 6.10 Å². The van der Waals surface area contributed by atoms with E-state index in [1.165, 1.54) is 9.87 Å². The van der Waals surface area contributed by atoms with Crippen molar-refractivity contribution in [2.45, 2.75) is 26.1 Å². The molecule has 32 heavy (non-hydrogen) atoms. The van der Waals surface area contributed by atoms with Gasteiger partial charge in [0.1, 0.15) is 5.75 Å². The summed E-state index contributed by atoms with van der Waals surface area (Å²) in [6, 6.07) is 13.4. The van der Waals surface area contributed by atoms with Gasteiger partial charge in [-0.3, -0.25) is 14.0 Å². The molecule has 9 heteroatoms. The van der Waals surface area contributed by atoms with Crippen LogP contribution >= 0.6 is 0 Å². The molecular formula is C23H29N3O5S. The predicted octanol–water partition coefficient (Wildman–Crippen LogP) is 1.67. The Morgan fingerprint density at radius 3 is 2.62 bits per heavy atom. The van der Waals surface area contributed by atoms with Crippen LogP contribution in [0.5, 0.6) is 5.75 Å². The van der Waals surface area contributed by atoms with Crippen LogP contribution in [0.4, 0.5) is 5.69 Å². The maximum absolute atomic E-state index is 12.9. The molecule has 2 aromatic carbocycles. The van der Waals surface area contributed by atoms with Gasteiger partial charge < -0.3 is 14.8 Å². The summed E-state index contributed by atoms with van der Waals surface area (Å²) in [5, 5.41) is 2.90. The van der Waals surface area contributed by atoms with E-state index in [1.54, 1.807) is 12.1 Å². The van der Waals surface area contributed by atoms with Crippen molar-refractivity contribution in [2.24, 2.45) is 0 Å². The Labute approximate surface area is 189 Å². The van der Waals surface area contributed by atoms with Crippen molar-refractivity contribution in [3.05, 3.63) is 59.2 Å². The number of hydrogen-bond donors (Lipinski definition) is 1. The van der Waals surface area contributed by atoms with Crippen molar-refractivity contribution in [1.29, 1.82) is 0 Å². The number of ether oxygens (including phenoxy) is 2. The van der Waals surface area contributed by atoms with Crippen molar-refractivity contribution < 1.29 is 22.7 Å². The largest absolute Gasteiger partial charge is 0.476 e. The average molecular weight is 460 g/mol. The van der Waals surface area contributed by atoms with Crippen molar-refractivity contribution >= 4 is 21.6 Å². The van der Waals surface area contributed by atoms with Crippen LogP contribution in [-0.4, -0.2) is 64.4 Å². The van der Waals surface area contributed by atoms with Crippen molar-refractivity contribution in [3.8, 4) is 5.75 Å². The minimum Gasteiger partial charge on any atom is -0.476 e. The molecule has 0 radical (unpaired) electrons. The summed E-state index contributed by atoms with van der Waals surface area (Å²) >= 11 is 0. The van der Waals surface area contributed by atoms with Crippen LogP contribution in [0.2, 0.25) is 0 Å². The lowest BCUT2D eigenvalue weighted by Gasteiger charge is -2.34. The second-order valence-electron chi connectivity index (χ2n) is 8.30. The number of anilines is 1. The molecule has 2 aliphatic rings. The summed E-state index contributed by atoms with van der Waals surface area (Å²) in [6.45, 7) is 6.36. The summed E-state index contributed by atoms with van der Waals surface area (Å²) in [7, 11) is -3.55. The minimum atomic E-state index is -3.55. The fourth-order valence-corrected chi connectivity index (χ4v) is 4.88. The van der Waals surface area contributed by atoms with E-state index in [4.69, 9.17) is 9.47 Å². The number of hydrogen-bond acceptors (Lipinski definition) is 6. The molecule has 0 aliphatic carbocycles. The second-order valence-corrected chi connectivity index (χ2v) is 10.2. The molecule has 1 amide bonds. The standard InChI is InChI=1S/C23H29N3O5S/c1-17-6-7-20-21(12-17)31-22(16-26(20)32(2,28)29)23(27)24-14-18-4-3-5-19(13-18)15-25-8-10-30-11-9-25/h3-7,12-13,22H,8-11,14-16H2,1-2H3,(H,24,27). The zero-order valence-electron chi connectivity index (χ0n) is 18.4. The second kappa shape index (κ2) is 9.48. The SMILES string of the molecule is Cc1ccc2c(c1)OC(C(=O)NCc1cccc(CN3CCOCC3)c1)CN2S(C)(=O)=O. The molecule has 8 nitrogen and oxygen atoms in total. The van der Waals surface area contributed by atoms with Crippen LogP contribution in [0.1, 0.15) is 16.7 Å².